The lowest BCUT2D eigenvalue weighted by atomic mass is 10.1. The zero-order valence-corrected chi connectivity index (χ0v) is 14.3. The first kappa shape index (κ1) is 16.9. The molecule has 6 nitrogen and oxygen atoms in total. The van der Waals surface area contributed by atoms with Crippen LogP contribution in [0.5, 0.6) is 11.5 Å². The maximum absolute atomic E-state index is 12.6. The number of hydrazine groups is 1. The molecule has 0 unspecified atom stereocenters. The first-order chi connectivity index (χ1) is 12.0. The molecule has 128 valence electrons. The number of benzene rings is 2. The number of nitrogens with zero attached hydrogens (tertiary/aromatic N) is 1. The van der Waals surface area contributed by atoms with E-state index in [4.69, 9.17) is 21.1 Å². The Bertz CT molecular complexity index is 879. The van der Waals surface area contributed by atoms with Crippen molar-refractivity contribution < 1.29 is 19.1 Å². The lowest BCUT2D eigenvalue weighted by molar-refractivity contribution is -0.117. The highest BCUT2D eigenvalue weighted by atomic mass is 35.5. The minimum atomic E-state index is -0.486. The van der Waals surface area contributed by atoms with Crippen molar-refractivity contribution in [3.05, 3.63) is 58.6 Å². The van der Waals surface area contributed by atoms with Crippen LogP contribution in [0, 0.1) is 0 Å². The summed E-state index contributed by atoms with van der Waals surface area (Å²) >= 11 is 5.94. The Labute approximate surface area is 149 Å². The molecular formula is C18H15ClN2O4. The molecule has 2 amide bonds. The fourth-order valence-electron chi connectivity index (χ4n) is 2.46. The van der Waals surface area contributed by atoms with Crippen LogP contribution in [0.4, 0.5) is 5.69 Å². The van der Waals surface area contributed by atoms with Gasteiger partial charge in [-0.1, -0.05) is 23.7 Å². The molecule has 0 bridgehead atoms. The summed E-state index contributed by atoms with van der Waals surface area (Å²) in [6.45, 7) is 0. The SMILES string of the molecule is COc1ccc(/C=C2\C(=O)NN(c3cccc(Cl)c3)C2=O)cc1OC. The number of carbonyl (C=O) groups is 2. The summed E-state index contributed by atoms with van der Waals surface area (Å²) in [6.07, 6.45) is 1.50. The summed E-state index contributed by atoms with van der Waals surface area (Å²) in [5.41, 5.74) is 3.68. The van der Waals surface area contributed by atoms with E-state index in [9.17, 15) is 9.59 Å². The topological polar surface area (TPSA) is 67.9 Å². The molecule has 0 aliphatic carbocycles. The second kappa shape index (κ2) is 6.86. The van der Waals surface area contributed by atoms with Crippen molar-refractivity contribution in [3.8, 4) is 11.5 Å². The molecule has 1 aliphatic heterocycles. The Hall–Kier alpha value is -2.99. The third-order valence-corrected chi connectivity index (χ3v) is 3.91. The Balaban J connectivity index is 1.94. The summed E-state index contributed by atoms with van der Waals surface area (Å²) < 4.78 is 10.4. The summed E-state index contributed by atoms with van der Waals surface area (Å²) in [7, 11) is 3.05. The molecule has 1 N–H and O–H groups in total. The van der Waals surface area contributed by atoms with E-state index in [2.05, 4.69) is 5.43 Å². The van der Waals surface area contributed by atoms with Gasteiger partial charge in [0.2, 0.25) is 0 Å². The number of methoxy groups -OCH3 is 2. The molecule has 25 heavy (non-hydrogen) atoms. The highest BCUT2D eigenvalue weighted by Gasteiger charge is 2.34. The van der Waals surface area contributed by atoms with Crippen LogP contribution >= 0.6 is 11.6 Å². The molecule has 7 heteroatoms. The molecule has 0 spiro atoms. The molecule has 1 fully saturated rings. The van der Waals surface area contributed by atoms with Crippen LogP contribution in [0.25, 0.3) is 6.08 Å². The van der Waals surface area contributed by atoms with Crippen molar-refractivity contribution in [2.24, 2.45) is 0 Å². The van der Waals surface area contributed by atoms with Crippen LogP contribution in [-0.4, -0.2) is 26.0 Å². The maximum atomic E-state index is 12.6. The molecule has 0 atom stereocenters. The maximum Gasteiger partial charge on any atom is 0.282 e. The Morgan fingerprint density at radius 2 is 1.80 bits per heavy atom. The largest absolute Gasteiger partial charge is 0.493 e. The third kappa shape index (κ3) is 3.29. The van der Waals surface area contributed by atoms with Gasteiger partial charge in [0.15, 0.2) is 11.5 Å². The average molecular weight is 359 g/mol. The van der Waals surface area contributed by atoms with Crippen LogP contribution in [0.2, 0.25) is 5.02 Å². The number of hydrogen-bond acceptors (Lipinski definition) is 4. The minimum Gasteiger partial charge on any atom is -0.493 e. The van der Waals surface area contributed by atoms with Gasteiger partial charge in [0, 0.05) is 5.02 Å². The van der Waals surface area contributed by atoms with Gasteiger partial charge in [0.25, 0.3) is 11.8 Å². The van der Waals surface area contributed by atoms with E-state index in [1.54, 1.807) is 42.5 Å². The molecule has 3 rings (SSSR count). The van der Waals surface area contributed by atoms with E-state index in [1.807, 2.05) is 0 Å². The smallest absolute Gasteiger partial charge is 0.282 e. The van der Waals surface area contributed by atoms with Gasteiger partial charge in [-0.25, -0.2) is 5.01 Å². The second-order valence-electron chi connectivity index (χ2n) is 5.23. The van der Waals surface area contributed by atoms with Crippen molar-refractivity contribution >= 4 is 35.2 Å². The number of amides is 2. The van der Waals surface area contributed by atoms with Gasteiger partial charge in [-0.3, -0.25) is 15.0 Å². The van der Waals surface area contributed by atoms with E-state index < -0.39 is 11.8 Å². The Morgan fingerprint density at radius 1 is 1.04 bits per heavy atom. The van der Waals surface area contributed by atoms with E-state index in [1.165, 1.54) is 25.3 Å². The second-order valence-corrected chi connectivity index (χ2v) is 5.67. The van der Waals surface area contributed by atoms with Crippen molar-refractivity contribution in [1.82, 2.24) is 5.43 Å². The summed E-state index contributed by atoms with van der Waals surface area (Å²) in [4.78, 5) is 24.8. The predicted octanol–water partition coefficient (Wildman–Crippen LogP) is 2.82. The van der Waals surface area contributed by atoms with E-state index in [-0.39, 0.29) is 5.57 Å². The van der Waals surface area contributed by atoms with Gasteiger partial charge < -0.3 is 9.47 Å². The van der Waals surface area contributed by atoms with Gasteiger partial charge in [-0.05, 0) is 42.0 Å². The summed E-state index contributed by atoms with van der Waals surface area (Å²) in [5.74, 6) is 0.128. The van der Waals surface area contributed by atoms with Gasteiger partial charge in [-0.15, -0.1) is 0 Å². The first-order valence-electron chi connectivity index (χ1n) is 7.38. The molecule has 0 aromatic heterocycles. The van der Waals surface area contributed by atoms with Crippen molar-refractivity contribution in [3.63, 3.8) is 0 Å². The monoisotopic (exact) mass is 358 g/mol. The number of anilines is 1. The van der Waals surface area contributed by atoms with Gasteiger partial charge in [-0.2, -0.15) is 0 Å². The van der Waals surface area contributed by atoms with Crippen LogP contribution in [0.15, 0.2) is 48.0 Å². The van der Waals surface area contributed by atoms with Crippen molar-refractivity contribution in [2.45, 2.75) is 0 Å². The number of carbonyl (C=O) groups excluding carboxylic acids is 2. The number of ether oxygens (including phenoxy) is 2. The zero-order valence-electron chi connectivity index (χ0n) is 13.6. The quantitative estimate of drug-likeness (QED) is 0.674. The predicted molar refractivity (Wildman–Crippen MR) is 94.6 cm³/mol. The molecular weight excluding hydrogens is 344 g/mol. The molecule has 0 radical (unpaired) electrons. The lowest BCUT2D eigenvalue weighted by Gasteiger charge is -2.14. The normalized spacial score (nSPS) is 15.5. The molecule has 2 aromatic carbocycles. The van der Waals surface area contributed by atoms with E-state index in [0.717, 1.165) is 0 Å². The number of rotatable bonds is 4. The highest BCUT2D eigenvalue weighted by molar-refractivity contribution is 6.33. The first-order valence-corrected chi connectivity index (χ1v) is 7.76. The van der Waals surface area contributed by atoms with Crippen LogP contribution in [-0.2, 0) is 9.59 Å². The van der Waals surface area contributed by atoms with E-state index in [0.29, 0.717) is 27.8 Å². The van der Waals surface area contributed by atoms with Gasteiger partial charge in [0.1, 0.15) is 5.57 Å². The van der Waals surface area contributed by atoms with Gasteiger partial charge in [0.05, 0.1) is 19.9 Å². The Morgan fingerprint density at radius 3 is 2.48 bits per heavy atom. The highest BCUT2D eigenvalue weighted by Crippen LogP contribution is 2.29. The molecule has 0 saturated carbocycles. The molecule has 1 saturated heterocycles. The fraction of sp³-hybridized carbons (Fsp3) is 0.111. The fourth-order valence-corrected chi connectivity index (χ4v) is 2.65. The van der Waals surface area contributed by atoms with Crippen LogP contribution in [0.3, 0.4) is 0 Å². The molecule has 2 aromatic rings. The standard InChI is InChI=1S/C18H15ClN2O4/c1-24-15-7-6-11(9-16(15)25-2)8-14-17(22)20-21(18(14)23)13-5-3-4-12(19)10-13/h3-10H,1-2H3,(H,20,22)/b14-8+. The Kier molecular flexibility index (Phi) is 4.63. The average Bonchev–Trinajstić information content (AvgIpc) is 2.89. The summed E-state index contributed by atoms with van der Waals surface area (Å²) in [6, 6.07) is 11.8. The minimum absolute atomic E-state index is 0.0206. The van der Waals surface area contributed by atoms with Gasteiger partial charge >= 0.3 is 0 Å². The summed E-state index contributed by atoms with van der Waals surface area (Å²) in [5, 5.41) is 1.64. The molecule has 1 aliphatic rings. The lowest BCUT2D eigenvalue weighted by Crippen LogP contribution is -2.35. The number of hydrogen-bond donors (Lipinski definition) is 1. The zero-order chi connectivity index (χ0) is 18.0. The van der Waals surface area contributed by atoms with Crippen LogP contribution < -0.4 is 19.9 Å². The van der Waals surface area contributed by atoms with Crippen molar-refractivity contribution in [2.75, 3.05) is 19.2 Å². The number of nitrogens with one attached hydrogen (secondary N) is 1. The molecule has 1 heterocycles. The van der Waals surface area contributed by atoms with Crippen LogP contribution in [0.1, 0.15) is 5.56 Å². The third-order valence-electron chi connectivity index (χ3n) is 3.68. The van der Waals surface area contributed by atoms with E-state index >= 15 is 0 Å². The number of halogens is 1. The van der Waals surface area contributed by atoms with Crippen molar-refractivity contribution in [1.29, 1.82) is 0 Å².